The number of amides is 1. The minimum atomic E-state index is -1.55. The summed E-state index contributed by atoms with van der Waals surface area (Å²) in [6.45, 7) is 14.0. The average molecular weight is 625 g/mol. The lowest BCUT2D eigenvalue weighted by atomic mass is 9.67. The molecular weight excluding hydrogens is 568 g/mol. The molecule has 0 heterocycles. The second kappa shape index (κ2) is 17.0. The van der Waals surface area contributed by atoms with Crippen LogP contribution in [0.3, 0.4) is 0 Å². The van der Waals surface area contributed by atoms with Gasteiger partial charge in [-0.25, -0.2) is 9.59 Å². The van der Waals surface area contributed by atoms with Gasteiger partial charge in [-0.1, -0.05) is 102 Å². The van der Waals surface area contributed by atoms with Crippen molar-refractivity contribution >= 4 is 17.8 Å². The number of likely N-dealkylation sites (N-methyl/N-ethyl adjacent to an activating group) is 2. The molecule has 0 bridgehead atoms. The Hall–Kier alpha value is -3.07. The number of benzene rings is 2. The second-order valence-electron chi connectivity index (χ2n) is 14.2. The Morgan fingerprint density at radius 1 is 0.822 bits per heavy atom. The maximum atomic E-state index is 14.6. The van der Waals surface area contributed by atoms with Crippen LogP contribution >= 0.6 is 0 Å². The molecule has 0 aliphatic heterocycles. The molecule has 0 spiro atoms. The van der Waals surface area contributed by atoms with Gasteiger partial charge in [-0.15, -0.1) is 0 Å². The summed E-state index contributed by atoms with van der Waals surface area (Å²) in [6.07, 6.45) is -0.155. The van der Waals surface area contributed by atoms with Gasteiger partial charge in [-0.3, -0.25) is 9.69 Å². The molecule has 5 atom stereocenters. The number of carbonyl (C=O) groups excluding carboxylic acids is 3. The van der Waals surface area contributed by atoms with Crippen molar-refractivity contribution in [3.05, 3.63) is 71.8 Å². The molecule has 2 aromatic rings. The topological polar surface area (TPSA) is 107 Å². The van der Waals surface area contributed by atoms with Crippen LogP contribution in [0.25, 0.3) is 0 Å². The van der Waals surface area contributed by atoms with Crippen LogP contribution in [-0.4, -0.2) is 75.7 Å². The van der Waals surface area contributed by atoms with E-state index in [2.05, 4.69) is 13.8 Å². The fraction of sp³-hybridized carbons (Fsp3) is 0.595. The molecular formula is C37H56N2O6. The van der Waals surface area contributed by atoms with E-state index in [1.165, 1.54) is 4.90 Å². The van der Waals surface area contributed by atoms with Crippen molar-refractivity contribution in [3.8, 4) is 0 Å². The molecule has 0 aliphatic carbocycles. The molecule has 0 fully saturated rings. The van der Waals surface area contributed by atoms with Crippen LogP contribution in [0, 0.1) is 17.3 Å². The Balaban J connectivity index is 2.52. The van der Waals surface area contributed by atoms with Gasteiger partial charge in [0.1, 0.15) is 5.54 Å². The Kier molecular flexibility index (Phi) is 14.4. The number of esters is 2. The minimum Gasteiger partial charge on any atom is -0.393 e. The van der Waals surface area contributed by atoms with Crippen molar-refractivity contribution in [1.29, 1.82) is 0 Å². The third-order valence-electron chi connectivity index (χ3n) is 8.73. The summed E-state index contributed by atoms with van der Waals surface area (Å²) in [6, 6.07) is 18.4. The lowest BCUT2D eigenvalue weighted by Gasteiger charge is -2.50. The predicted octanol–water partition coefficient (Wildman–Crippen LogP) is 5.64. The van der Waals surface area contributed by atoms with E-state index in [1.54, 1.807) is 38.2 Å². The van der Waals surface area contributed by atoms with E-state index in [1.807, 2.05) is 76.0 Å². The molecule has 1 amide bonds. The average Bonchev–Trinajstić information content (AvgIpc) is 2.97. The van der Waals surface area contributed by atoms with E-state index in [9.17, 15) is 24.6 Å². The maximum Gasteiger partial charge on any atom is 0.343 e. The number of carbonyl (C=O) groups is 3. The number of ether oxygens (including phenoxy) is 1. The van der Waals surface area contributed by atoms with Crippen molar-refractivity contribution in [2.45, 2.75) is 111 Å². The zero-order valence-electron chi connectivity index (χ0n) is 28.8. The van der Waals surface area contributed by atoms with Crippen LogP contribution in [0.2, 0.25) is 0 Å². The molecule has 0 saturated heterocycles. The minimum absolute atomic E-state index is 0.00419. The Morgan fingerprint density at radius 2 is 1.36 bits per heavy atom. The summed E-state index contributed by atoms with van der Waals surface area (Å²) in [7, 11) is 3.54. The van der Waals surface area contributed by atoms with E-state index < -0.39 is 41.1 Å². The van der Waals surface area contributed by atoms with Crippen LogP contribution in [0.1, 0.15) is 85.3 Å². The van der Waals surface area contributed by atoms with E-state index in [4.69, 9.17) is 4.74 Å². The fourth-order valence-corrected chi connectivity index (χ4v) is 6.08. The highest BCUT2D eigenvalue weighted by atomic mass is 16.6. The molecule has 2 aromatic carbocycles. The van der Waals surface area contributed by atoms with Gasteiger partial charge in [0.25, 0.3) is 0 Å². The summed E-state index contributed by atoms with van der Waals surface area (Å²) in [4.78, 5) is 45.7. The normalized spacial score (nSPS) is 16.0. The first kappa shape index (κ1) is 38.1. The third-order valence-corrected chi connectivity index (χ3v) is 8.73. The summed E-state index contributed by atoms with van der Waals surface area (Å²) >= 11 is 0. The molecule has 8 nitrogen and oxygen atoms in total. The first-order valence-corrected chi connectivity index (χ1v) is 16.2. The van der Waals surface area contributed by atoms with Crippen molar-refractivity contribution in [2.75, 3.05) is 14.1 Å². The highest BCUT2D eigenvalue weighted by Gasteiger charge is 2.56. The zero-order valence-corrected chi connectivity index (χ0v) is 28.8. The first-order valence-electron chi connectivity index (χ1n) is 16.2. The van der Waals surface area contributed by atoms with Gasteiger partial charge in [0.05, 0.1) is 12.1 Å². The number of hydrogen-bond donors (Lipinski definition) is 2. The van der Waals surface area contributed by atoms with Gasteiger partial charge in [-0.05, 0) is 68.0 Å². The first-order chi connectivity index (χ1) is 21.0. The number of rotatable bonds is 16. The Labute approximate surface area is 270 Å². The van der Waals surface area contributed by atoms with Crippen molar-refractivity contribution in [2.24, 2.45) is 17.3 Å². The van der Waals surface area contributed by atoms with Crippen LogP contribution in [0.5, 0.6) is 0 Å². The van der Waals surface area contributed by atoms with Crippen molar-refractivity contribution < 1.29 is 29.3 Å². The quantitative estimate of drug-likeness (QED) is 0.184. The SMILES string of the molecule is CC(C)C[C@@H](C(=O)N(C)[C@@](CC(C)CCC(C)O)(C(=O)OC(=O)C(O)Cc1ccccc1)C(C)(C)C)N(C)Cc1ccccc1. The van der Waals surface area contributed by atoms with E-state index in [0.717, 1.165) is 11.1 Å². The molecule has 0 aromatic heterocycles. The zero-order chi connectivity index (χ0) is 33.9. The summed E-state index contributed by atoms with van der Waals surface area (Å²) in [5, 5.41) is 20.7. The van der Waals surface area contributed by atoms with Gasteiger partial charge in [0, 0.05) is 20.0 Å². The summed E-state index contributed by atoms with van der Waals surface area (Å²) in [5.41, 5.74) is -0.616. The monoisotopic (exact) mass is 624 g/mol. The van der Waals surface area contributed by atoms with Gasteiger partial charge in [0.15, 0.2) is 6.10 Å². The van der Waals surface area contributed by atoms with Crippen LogP contribution in [0.4, 0.5) is 0 Å². The Bertz CT molecular complexity index is 1210. The van der Waals surface area contributed by atoms with Gasteiger partial charge in [-0.2, -0.15) is 0 Å². The maximum absolute atomic E-state index is 14.6. The number of aliphatic hydroxyl groups excluding tert-OH is 2. The third kappa shape index (κ3) is 10.8. The molecule has 3 unspecified atom stereocenters. The number of hydrogen-bond acceptors (Lipinski definition) is 7. The molecule has 2 N–H and O–H groups in total. The van der Waals surface area contributed by atoms with Crippen LogP contribution < -0.4 is 0 Å². The van der Waals surface area contributed by atoms with E-state index in [0.29, 0.717) is 25.8 Å². The molecule has 0 aliphatic rings. The largest absolute Gasteiger partial charge is 0.393 e. The smallest absolute Gasteiger partial charge is 0.343 e. The van der Waals surface area contributed by atoms with Crippen molar-refractivity contribution in [1.82, 2.24) is 9.80 Å². The van der Waals surface area contributed by atoms with E-state index in [-0.39, 0.29) is 30.6 Å². The predicted molar refractivity (Wildman–Crippen MR) is 178 cm³/mol. The second-order valence-corrected chi connectivity index (χ2v) is 14.2. The van der Waals surface area contributed by atoms with Crippen LogP contribution in [0.15, 0.2) is 60.7 Å². The summed E-state index contributed by atoms with van der Waals surface area (Å²) < 4.78 is 5.51. The van der Waals surface area contributed by atoms with Crippen LogP contribution in [-0.2, 0) is 32.1 Å². The van der Waals surface area contributed by atoms with Gasteiger partial charge >= 0.3 is 11.9 Å². The fourth-order valence-electron chi connectivity index (χ4n) is 6.08. The standard InChI is InChI=1S/C37H56N2O6/c1-26(2)22-31(38(8)25-30-18-14-11-15-19-30)33(42)39(9)37(36(5,6)7,24-27(3)20-21-28(4)40)35(44)45-34(43)32(41)23-29-16-12-10-13-17-29/h10-19,26-28,31-32,40-41H,20-25H2,1-9H3/t27?,28?,31-,32?,37-/m0/s1. The molecule has 2 rings (SSSR count). The lowest BCUT2D eigenvalue weighted by molar-refractivity contribution is -0.184. The van der Waals surface area contributed by atoms with Gasteiger partial charge < -0.3 is 19.8 Å². The number of nitrogens with zero attached hydrogens (tertiary/aromatic N) is 2. The van der Waals surface area contributed by atoms with Gasteiger partial charge in [0.2, 0.25) is 5.91 Å². The van der Waals surface area contributed by atoms with Crippen molar-refractivity contribution in [3.63, 3.8) is 0 Å². The highest BCUT2D eigenvalue weighted by molar-refractivity contribution is 5.96. The highest BCUT2D eigenvalue weighted by Crippen LogP contribution is 2.43. The van der Waals surface area contributed by atoms with E-state index >= 15 is 0 Å². The molecule has 250 valence electrons. The molecule has 0 radical (unpaired) electrons. The molecule has 0 saturated carbocycles. The Morgan fingerprint density at radius 3 is 1.84 bits per heavy atom. The molecule has 45 heavy (non-hydrogen) atoms. The number of aliphatic hydroxyl groups is 2. The summed E-state index contributed by atoms with van der Waals surface area (Å²) in [5.74, 6) is -2.05. The lowest BCUT2D eigenvalue weighted by Crippen LogP contribution is -2.66. The molecule has 8 heteroatoms.